The van der Waals surface area contributed by atoms with Crippen molar-refractivity contribution in [3.8, 4) is 0 Å². The fraction of sp³-hybridized carbons (Fsp3) is 0.678. The zero-order valence-corrected chi connectivity index (χ0v) is 51.5. The van der Waals surface area contributed by atoms with Crippen LogP contribution in [0.4, 0.5) is 0 Å². The van der Waals surface area contributed by atoms with E-state index in [1.807, 2.05) is 221 Å². The molecule has 0 unspecified atom stereocenters. The van der Waals surface area contributed by atoms with Crippen molar-refractivity contribution >= 4 is 0 Å². The molecule has 4 aromatic rings. The summed E-state index contributed by atoms with van der Waals surface area (Å²) in [5.74, 6) is 3.33. The lowest BCUT2D eigenvalue weighted by Crippen LogP contribution is -1.66. The Hall–Kier alpha value is -3.47. The van der Waals surface area contributed by atoms with Gasteiger partial charge < -0.3 is 0 Å². The van der Waals surface area contributed by atoms with Crippen molar-refractivity contribution in [3.05, 3.63) is 117 Å². The molecule has 0 fully saturated rings. The van der Waals surface area contributed by atoms with Gasteiger partial charge in [0.2, 0.25) is 0 Å². The lowest BCUT2D eigenvalue weighted by molar-refractivity contribution is 0.736. The number of rotatable bonds is 0. The van der Waals surface area contributed by atoms with E-state index in [1.165, 1.54) is 6.33 Å². The maximum absolute atomic E-state index is 3.78. The molecule has 3 aromatic heterocycles. The van der Waals surface area contributed by atoms with Crippen molar-refractivity contribution in [2.75, 3.05) is 0 Å². The van der Waals surface area contributed by atoms with Gasteiger partial charge in [-0.25, -0.2) is 9.97 Å². The highest BCUT2D eigenvalue weighted by Crippen LogP contribution is 1.83. The summed E-state index contributed by atoms with van der Waals surface area (Å²) in [6.45, 7) is 74.0. The second kappa shape index (κ2) is 193. The first kappa shape index (κ1) is 108. The van der Waals surface area contributed by atoms with Crippen molar-refractivity contribution in [3.63, 3.8) is 0 Å². The molecule has 0 saturated heterocycles. The zero-order valence-electron chi connectivity index (χ0n) is 51.5. The molecule has 0 N–H and O–H groups in total. The maximum Gasteiger partial charge on any atom is 0.115 e. The van der Waals surface area contributed by atoms with Gasteiger partial charge in [0.05, 0.1) is 0 Å². The number of nitrogens with zero attached hydrogens (tertiary/aromatic N) is 5. The Balaban J connectivity index is -0.0000000277. The topological polar surface area (TPSA) is 64.5 Å². The molecule has 0 spiro atoms. The third-order valence-corrected chi connectivity index (χ3v) is 2.19. The van der Waals surface area contributed by atoms with Gasteiger partial charge in [0.15, 0.2) is 0 Å². The van der Waals surface area contributed by atoms with Crippen LogP contribution in [0.25, 0.3) is 0 Å². The smallest absolute Gasteiger partial charge is 0.115 e. The highest BCUT2D eigenvalue weighted by Gasteiger charge is 1.69. The Morgan fingerprint density at radius 3 is 0.359 bits per heavy atom. The lowest BCUT2D eigenvalue weighted by Gasteiger charge is -1.79. The molecule has 0 amide bonds. The summed E-state index contributed by atoms with van der Waals surface area (Å²) in [5.41, 5.74) is 0. The molecule has 0 saturated carbocycles. The van der Waals surface area contributed by atoms with Crippen LogP contribution >= 0.6 is 0 Å². The van der Waals surface area contributed by atoms with E-state index in [1.54, 1.807) is 55.6 Å². The summed E-state index contributed by atoms with van der Waals surface area (Å²) in [7, 11) is 0. The van der Waals surface area contributed by atoms with Crippen LogP contribution in [0.5, 0.6) is 0 Å². The third-order valence-electron chi connectivity index (χ3n) is 2.19. The van der Waals surface area contributed by atoms with E-state index in [-0.39, 0.29) is 0 Å². The van der Waals surface area contributed by atoms with Crippen LogP contribution in [0.2, 0.25) is 0 Å². The molecule has 64 heavy (non-hydrogen) atoms. The van der Waals surface area contributed by atoms with Crippen molar-refractivity contribution < 1.29 is 0 Å². The quantitative estimate of drug-likeness (QED) is 0.176. The zero-order chi connectivity index (χ0) is 55.3. The van der Waals surface area contributed by atoms with Gasteiger partial charge in [-0.15, -0.1) is 0 Å². The summed E-state index contributed by atoms with van der Waals surface area (Å²) in [6, 6.07) is 19.5. The molecule has 0 atom stereocenters. The first-order valence-electron chi connectivity index (χ1n) is 26.2. The van der Waals surface area contributed by atoms with Gasteiger partial charge in [-0.3, -0.25) is 15.0 Å². The monoisotopic (exact) mass is 910 g/mol. The Bertz CT molecular complexity index is 577. The molecule has 392 valence electrons. The van der Waals surface area contributed by atoms with Gasteiger partial charge in [0.25, 0.3) is 0 Å². The first-order valence-corrected chi connectivity index (χ1v) is 26.2. The van der Waals surface area contributed by atoms with E-state index >= 15 is 0 Å². The van der Waals surface area contributed by atoms with E-state index in [4.69, 9.17) is 0 Å². The summed E-state index contributed by atoms with van der Waals surface area (Å²) in [6.07, 6.45) is 14.9. The van der Waals surface area contributed by atoms with E-state index in [0.717, 1.165) is 23.7 Å². The molecule has 0 radical (unpaired) electrons. The van der Waals surface area contributed by atoms with E-state index < -0.39 is 0 Å². The van der Waals surface area contributed by atoms with Crippen LogP contribution in [0.3, 0.4) is 0 Å². The maximum atomic E-state index is 3.78. The molecule has 1 aromatic carbocycles. The number of benzene rings is 1. The largest absolute Gasteiger partial charge is 0.265 e. The normalized spacial score (nSPS) is 6.38. The molecule has 0 bridgehead atoms. The fourth-order valence-electron chi connectivity index (χ4n) is 1.20. The van der Waals surface area contributed by atoms with Crippen molar-refractivity contribution in [1.29, 1.82) is 0 Å². The number of hydrogen-bond donors (Lipinski definition) is 0. The van der Waals surface area contributed by atoms with Gasteiger partial charge in [-0.05, 0) is 41.9 Å². The van der Waals surface area contributed by atoms with Crippen LogP contribution in [0, 0.1) is 23.7 Å². The molecular formula is C59H131N5. The van der Waals surface area contributed by atoms with E-state index in [0.29, 0.717) is 0 Å². The lowest BCUT2D eigenvalue weighted by atomic mass is 10.3. The van der Waals surface area contributed by atoms with Crippen molar-refractivity contribution in [1.82, 2.24) is 24.9 Å². The molecule has 0 aliphatic rings. The number of hydrogen-bond acceptors (Lipinski definition) is 5. The molecule has 0 aliphatic carbocycles. The Morgan fingerprint density at radius 2 is 0.297 bits per heavy atom. The number of aromatic nitrogens is 5. The molecule has 5 heteroatoms. The number of pyridine rings is 1. The summed E-state index contributed by atoms with van der Waals surface area (Å²) >= 11 is 0. The summed E-state index contributed by atoms with van der Waals surface area (Å²) < 4.78 is 0. The first-order chi connectivity index (χ1) is 30.9. The molecular weight excluding hydrogens is 779 g/mol. The van der Waals surface area contributed by atoms with Gasteiger partial charge in [-0.1, -0.05) is 292 Å². The molecule has 5 nitrogen and oxygen atoms in total. The summed E-state index contributed by atoms with van der Waals surface area (Å²) in [5, 5.41) is 0. The second-order valence-electron chi connectivity index (χ2n) is 10.9. The van der Waals surface area contributed by atoms with Crippen LogP contribution in [-0.2, 0) is 0 Å². The average molecular weight is 911 g/mol. The van der Waals surface area contributed by atoms with Gasteiger partial charge in [0, 0.05) is 49.6 Å². The van der Waals surface area contributed by atoms with Crippen LogP contribution in [-0.4, -0.2) is 24.9 Å². The van der Waals surface area contributed by atoms with Gasteiger partial charge >= 0.3 is 0 Å². The predicted octanol–water partition coefficient (Wildman–Crippen LogP) is 22.7. The standard InChI is InChI=1S/C6H6.C5H5N.2C4H4N2.4C4H10.12C2H6/c2*1-2-4-6-5-3-1;1-2-6-4-3-5-1;1-2-5-4-6-3-1;4*1-4(2)3;12*1-2/h1-6H;1-5H;2*1-4H;4*4H,1-3H3;12*1-2H3. The highest BCUT2D eigenvalue weighted by atomic mass is 14.8. The van der Waals surface area contributed by atoms with E-state index in [2.05, 4.69) is 108 Å². The highest BCUT2D eigenvalue weighted by molar-refractivity contribution is 4.99. The fourth-order valence-corrected chi connectivity index (χ4v) is 1.20. The van der Waals surface area contributed by atoms with E-state index in [9.17, 15) is 0 Å². The van der Waals surface area contributed by atoms with Crippen molar-refractivity contribution in [2.45, 2.75) is 249 Å². The SMILES string of the molecule is CC.CC.CC.CC.CC.CC.CC.CC.CC.CC.CC.CC.CC(C)C.CC(C)C.CC(C)C.CC(C)C.c1ccccc1.c1ccncc1.c1cnccn1.c1cncnc1. The molecule has 0 aliphatic heterocycles. The third kappa shape index (κ3) is 460. The Labute approximate surface area is 412 Å². The molecule has 3 heterocycles. The predicted molar refractivity (Wildman–Crippen MR) is 313 cm³/mol. The second-order valence-corrected chi connectivity index (χ2v) is 10.9. The van der Waals surface area contributed by atoms with Crippen LogP contribution in [0.1, 0.15) is 249 Å². The average Bonchev–Trinajstić information content (AvgIpc) is 3.38. The van der Waals surface area contributed by atoms with Crippen molar-refractivity contribution in [2.24, 2.45) is 23.7 Å². The molecule has 4 rings (SSSR count). The van der Waals surface area contributed by atoms with Gasteiger partial charge in [-0.2, -0.15) is 0 Å². The Morgan fingerprint density at radius 1 is 0.172 bits per heavy atom. The Kier molecular flexibility index (Phi) is 326. The minimum Gasteiger partial charge on any atom is -0.265 e. The van der Waals surface area contributed by atoms with Crippen LogP contribution in [0.15, 0.2) is 117 Å². The van der Waals surface area contributed by atoms with Crippen LogP contribution < -0.4 is 0 Å². The summed E-state index contributed by atoms with van der Waals surface area (Å²) in [4.78, 5) is 18.6. The minimum absolute atomic E-state index is 0.833. The minimum atomic E-state index is 0.833. The van der Waals surface area contributed by atoms with Gasteiger partial charge in [0.1, 0.15) is 6.33 Å².